The predicted molar refractivity (Wildman–Crippen MR) is 81.4 cm³/mol. The minimum atomic E-state index is 0.500. The largest absolute Gasteiger partial charge is 0.378 e. The standard InChI is InChI=1S/C17H24N2O/c1-2-18-12-15-11-17(15,13-18)14-3-5-16(6-4-14)19-7-9-20-10-8-19/h3-6,15H,2,7-13H2,1H3. The molecule has 2 saturated heterocycles. The molecular formula is C17H24N2O. The molecule has 0 radical (unpaired) electrons. The molecule has 3 aliphatic rings. The van der Waals surface area contributed by atoms with Gasteiger partial charge >= 0.3 is 0 Å². The molecule has 0 spiro atoms. The van der Waals surface area contributed by atoms with Crippen LogP contribution in [0.25, 0.3) is 0 Å². The second-order valence-corrected chi connectivity index (χ2v) is 6.53. The minimum absolute atomic E-state index is 0.500. The quantitative estimate of drug-likeness (QED) is 0.838. The number of anilines is 1. The van der Waals surface area contributed by atoms with E-state index in [0.29, 0.717) is 5.41 Å². The summed E-state index contributed by atoms with van der Waals surface area (Å²) < 4.78 is 5.43. The van der Waals surface area contributed by atoms with E-state index in [0.717, 1.165) is 32.2 Å². The first-order valence-electron chi connectivity index (χ1n) is 7.97. The van der Waals surface area contributed by atoms with Crippen molar-refractivity contribution in [1.29, 1.82) is 0 Å². The summed E-state index contributed by atoms with van der Waals surface area (Å²) >= 11 is 0. The van der Waals surface area contributed by atoms with E-state index in [1.54, 1.807) is 5.56 Å². The Morgan fingerprint density at radius 1 is 1.20 bits per heavy atom. The molecule has 4 rings (SSSR count). The van der Waals surface area contributed by atoms with Gasteiger partial charge in [-0.3, -0.25) is 0 Å². The van der Waals surface area contributed by atoms with Crippen molar-refractivity contribution in [3.63, 3.8) is 0 Å². The molecule has 1 aromatic rings. The van der Waals surface area contributed by atoms with Gasteiger partial charge in [-0.15, -0.1) is 0 Å². The Labute approximate surface area is 121 Å². The molecule has 2 aliphatic heterocycles. The van der Waals surface area contributed by atoms with Crippen molar-refractivity contribution in [3.05, 3.63) is 29.8 Å². The van der Waals surface area contributed by atoms with Gasteiger partial charge in [-0.2, -0.15) is 0 Å². The maximum atomic E-state index is 5.43. The lowest BCUT2D eigenvalue weighted by Crippen LogP contribution is -2.36. The summed E-state index contributed by atoms with van der Waals surface area (Å²) in [5.74, 6) is 0.914. The fourth-order valence-corrected chi connectivity index (χ4v) is 4.10. The lowest BCUT2D eigenvalue weighted by atomic mass is 9.94. The zero-order chi connectivity index (χ0) is 13.6. The van der Waals surface area contributed by atoms with Crippen molar-refractivity contribution < 1.29 is 4.74 Å². The lowest BCUT2D eigenvalue weighted by Gasteiger charge is -2.29. The summed E-state index contributed by atoms with van der Waals surface area (Å²) in [5.41, 5.74) is 3.42. The van der Waals surface area contributed by atoms with E-state index in [9.17, 15) is 0 Å². The smallest absolute Gasteiger partial charge is 0.0642 e. The number of fused-ring (bicyclic) bond motifs is 1. The third-order valence-corrected chi connectivity index (χ3v) is 5.48. The average Bonchev–Trinajstić information content (AvgIpc) is 3.10. The fraction of sp³-hybridized carbons (Fsp3) is 0.647. The Hall–Kier alpha value is -1.06. The Morgan fingerprint density at radius 2 is 1.95 bits per heavy atom. The van der Waals surface area contributed by atoms with Gasteiger partial charge in [0.05, 0.1) is 13.2 Å². The van der Waals surface area contributed by atoms with Crippen molar-refractivity contribution >= 4 is 5.69 Å². The van der Waals surface area contributed by atoms with Crippen LogP contribution in [0.5, 0.6) is 0 Å². The molecule has 3 heteroatoms. The first-order chi connectivity index (χ1) is 9.82. The minimum Gasteiger partial charge on any atom is -0.378 e. The summed E-state index contributed by atoms with van der Waals surface area (Å²) in [5, 5.41) is 0. The van der Waals surface area contributed by atoms with Crippen LogP contribution in [0.4, 0.5) is 5.69 Å². The van der Waals surface area contributed by atoms with Crippen LogP contribution >= 0.6 is 0 Å². The van der Waals surface area contributed by atoms with Crippen LogP contribution in [-0.2, 0) is 10.2 Å². The second kappa shape index (κ2) is 4.74. The molecule has 0 bridgehead atoms. The van der Waals surface area contributed by atoms with E-state index >= 15 is 0 Å². The molecule has 3 nitrogen and oxygen atoms in total. The summed E-state index contributed by atoms with van der Waals surface area (Å²) in [7, 11) is 0. The van der Waals surface area contributed by atoms with Gasteiger partial charge in [-0.25, -0.2) is 0 Å². The number of hydrogen-bond donors (Lipinski definition) is 0. The number of rotatable bonds is 3. The number of nitrogens with zero attached hydrogens (tertiary/aromatic N) is 2. The van der Waals surface area contributed by atoms with Crippen LogP contribution in [0, 0.1) is 5.92 Å². The Morgan fingerprint density at radius 3 is 2.60 bits per heavy atom. The number of hydrogen-bond acceptors (Lipinski definition) is 3. The van der Waals surface area contributed by atoms with E-state index in [2.05, 4.69) is 41.0 Å². The Bertz CT molecular complexity index is 480. The normalized spacial score (nSPS) is 33.2. The van der Waals surface area contributed by atoms with Gasteiger partial charge in [0.2, 0.25) is 0 Å². The number of likely N-dealkylation sites (tertiary alicyclic amines) is 1. The van der Waals surface area contributed by atoms with Crippen LogP contribution in [0.3, 0.4) is 0 Å². The van der Waals surface area contributed by atoms with Gasteiger partial charge in [0.1, 0.15) is 0 Å². The summed E-state index contributed by atoms with van der Waals surface area (Å²) in [6, 6.07) is 9.40. The van der Waals surface area contributed by atoms with Gasteiger partial charge in [0.15, 0.2) is 0 Å². The maximum Gasteiger partial charge on any atom is 0.0642 e. The molecule has 0 amide bonds. The maximum absolute atomic E-state index is 5.43. The molecular weight excluding hydrogens is 248 g/mol. The zero-order valence-electron chi connectivity index (χ0n) is 12.3. The summed E-state index contributed by atoms with van der Waals surface area (Å²) in [6.45, 7) is 9.82. The summed E-state index contributed by atoms with van der Waals surface area (Å²) in [6.07, 6.45) is 1.40. The van der Waals surface area contributed by atoms with Gasteiger partial charge in [-0.05, 0) is 36.6 Å². The Kier molecular flexibility index (Phi) is 3.00. The topological polar surface area (TPSA) is 15.7 Å². The predicted octanol–water partition coefficient (Wildman–Crippen LogP) is 2.12. The molecule has 2 unspecified atom stereocenters. The molecule has 0 N–H and O–H groups in total. The van der Waals surface area contributed by atoms with E-state index in [1.165, 1.54) is 31.7 Å². The third-order valence-electron chi connectivity index (χ3n) is 5.48. The number of morpholine rings is 1. The van der Waals surface area contributed by atoms with Gasteiger partial charge in [-0.1, -0.05) is 19.1 Å². The van der Waals surface area contributed by atoms with Crippen LogP contribution in [0.2, 0.25) is 0 Å². The van der Waals surface area contributed by atoms with Crippen LogP contribution < -0.4 is 4.90 Å². The molecule has 1 aromatic carbocycles. The van der Waals surface area contributed by atoms with Crippen molar-refractivity contribution in [2.45, 2.75) is 18.8 Å². The van der Waals surface area contributed by atoms with Crippen molar-refractivity contribution in [2.24, 2.45) is 5.92 Å². The first kappa shape index (κ1) is 12.7. The fourth-order valence-electron chi connectivity index (χ4n) is 4.10. The molecule has 2 heterocycles. The first-order valence-corrected chi connectivity index (χ1v) is 7.97. The van der Waals surface area contributed by atoms with Gasteiger partial charge in [0, 0.05) is 37.3 Å². The number of piperidine rings is 1. The Balaban J connectivity index is 1.51. The highest BCUT2D eigenvalue weighted by Crippen LogP contribution is 2.58. The van der Waals surface area contributed by atoms with Crippen LogP contribution in [0.15, 0.2) is 24.3 Å². The van der Waals surface area contributed by atoms with Crippen LogP contribution in [-0.4, -0.2) is 50.8 Å². The molecule has 108 valence electrons. The van der Waals surface area contributed by atoms with Crippen LogP contribution in [0.1, 0.15) is 18.9 Å². The average molecular weight is 272 g/mol. The zero-order valence-corrected chi connectivity index (χ0v) is 12.3. The molecule has 2 atom stereocenters. The van der Waals surface area contributed by atoms with Crippen molar-refractivity contribution in [2.75, 3.05) is 50.8 Å². The monoisotopic (exact) mass is 272 g/mol. The number of ether oxygens (including phenoxy) is 1. The van der Waals surface area contributed by atoms with Gasteiger partial charge in [0.25, 0.3) is 0 Å². The third kappa shape index (κ3) is 1.95. The van der Waals surface area contributed by atoms with E-state index in [4.69, 9.17) is 4.74 Å². The molecule has 1 aliphatic carbocycles. The van der Waals surface area contributed by atoms with E-state index < -0.39 is 0 Å². The van der Waals surface area contributed by atoms with Gasteiger partial charge < -0.3 is 14.5 Å². The van der Waals surface area contributed by atoms with E-state index in [1.807, 2.05) is 0 Å². The lowest BCUT2D eigenvalue weighted by molar-refractivity contribution is 0.122. The number of likely N-dealkylation sites (N-methyl/N-ethyl adjacent to an activating group) is 1. The molecule has 0 aromatic heterocycles. The van der Waals surface area contributed by atoms with E-state index in [-0.39, 0.29) is 0 Å². The highest BCUT2D eigenvalue weighted by Gasteiger charge is 2.60. The molecule has 1 saturated carbocycles. The molecule has 20 heavy (non-hydrogen) atoms. The summed E-state index contributed by atoms with van der Waals surface area (Å²) in [4.78, 5) is 5.03. The highest BCUT2D eigenvalue weighted by molar-refractivity contribution is 5.50. The molecule has 3 fully saturated rings. The second-order valence-electron chi connectivity index (χ2n) is 6.53. The SMILES string of the molecule is CCN1CC2CC2(c2ccc(N3CCOCC3)cc2)C1. The van der Waals surface area contributed by atoms with Crippen molar-refractivity contribution in [3.8, 4) is 0 Å². The number of benzene rings is 1. The highest BCUT2D eigenvalue weighted by atomic mass is 16.5. The van der Waals surface area contributed by atoms with Crippen molar-refractivity contribution in [1.82, 2.24) is 4.90 Å².